The van der Waals surface area contributed by atoms with Gasteiger partial charge in [0.05, 0.1) is 11.8 Å². The second-order valence-electron chi connectivity index (χ2n) is 8.94. The van der Waals surface area contributed by atoms with Crippen LogP contribution in [0.25, 0.3) is 5.76 Å². The lowest BCUT2D eigenvalue weighted by Gasteiger charge is -2.24. The van der Waals surface area contributed by atoms with Gasteiger partial charge in [-0.1, -0.05) is 44.5 Å². The van der Waals surface area contributed by atoms with Crippen molar-refractivity contribution in [3.63, 3.8) is 0 Å². The summed E-state index contributed by atoms with van der Waals surface area (Å²) in [5.41, 5.74) is 2.64. The molecule has 1 aliphatic rings. The predicted molar refractivity (Wildman–Crippen MR) is 125 cm³/mol. The first kappa shape index (κ1) is 21.9. The molecule has 4 rings (SSSR count). The van der Waals surface area contributed by atoms with Gasteiger partial charge in [0.25, 0.3) is 11.7 Å². The number of carbonyl (C=O) groups is 2. The van der Waals surface area contributed by atoms with E-state index in [0.29, 0.717) is 22.0 Å². The summed E-state index contributed by atoms with van der Waals surface area (Å²) >= 11 is 6.01. The van der Waals surface area contributed by atoms with Crippen molar-refractivity contribution >= 4 is 34.7 Å². The van der Waals surface area contributed by atoms with E-state index in [2.05, 4.69) is 20.8 Å². The van der Waals surface area contributed by atoms with E-state index in [1.807, 2.05) is 25.1 Å². The number of furan rings is 1. The Hall–Kier alpha value is -3.31. The summed E-state index contributed by atoms with van der Waals surface area (Å²) < 4.78 is 5.60. The molecule has 1 saturated heterocycles. The third kappa shape index (κ3) is 3.73. The lowest BCUT2D eigenvalue weighted by molar-refractivity contribution is -0.132. The van der Waals surface area contributed by atoms with Crippen molar-refractivity contribution in [1.29, 1.82) is 0 Å². The smallest absolute Gasteiger partial charge is 0.300 e. The molecule has 1 N–H and O–H groups in total. The number of rotatable bonds is 3. The lowest BCUT2D eigenvalue weighted by atomic mass is 9.84. The van der Waals surface area contributed by atoms with E-state index >= 15 is 0 Å². The molecule has 1 unspecified atom stereocenters. The molecule has 3 aromatic rings. The Kier molecular flexibility index (Phi) is 5.47. The maximum Gasteiger partial charge on any atom is 0.300 e. The molecule has 5 nitrogen and oxygen atoms in total. The van der Waals surface area contributed by atoms with Crippen LogP contribution in [0.1, 0.15) is 49.3 Å². The van der Waals surface area contributed by atoms with E-state index in [1.54, 1.807) is 36.4 Å². The van der Waals surface area contributed by atoms with Crippen molar-refractivity contribution < 1.29 is 19.1 Å². The molecule has 0 radical (unpaired) electrons. The van der Waals surface area contributed by atoms with Crippen LogP contribution < -0.4 is 4.90 Å². The van der Waals surface area contributed by atoms with Gasteiger partial charge in [-0.3, -0.25) is 14.5 Å². The zero-order valence-corrected chi connectivity index (χ0v) is 19.1. The Balaban J connectivity index is 1.94. The number of anilines is 1. The normalized spacial score (nSPS) is 18.4. The van der Waals surface area contributed by atoms with Crippen LogP contribution >= 0.6 is 11.6 Å². The first-order valence-corrected chi connectivity index (χ1v) is 10.7. The van der Waals surface area contributed by atoms with E-state index in [0.717, 1.165) is 11.1 Å². The molecular formula is C26H24ClNO4. The zero-order valence-electron chi connectivity index (χ0n) is 18.3. The fraction of sp³-hybridized carbons (Fsp3) is 0.231. The number of benzene rings is 2. The molecular weight excluding hydrogens is 426 g/mol. The molecule has 1 aromatic heterocycles. The predicted octanol–water partition coefficient (Wildman–Crippen LogP) is 6.17. The molecule has 2 aromatic carbocycles. The monoisotopic (exact) mass is 449 g/mol. The Labute approximate surface area is 191 Å². The topological polar surface area (TPSA) is 70.8 Å². The van der Waals surface area contributed by atoms with Gasteiger partial charge in [-0.25, -0.2) is 0 Å². The van der Waals surface area contributed by atoms with E-state index in [1.165, 1.54) is 11.2 Å². The minimum atomic E-state index is -0.899. The third-order valence-electron chi connectivity index (χ3n) is 5.72. The number of carbonyl (C=O) groups excluding carboxylic acids is 2. The summed E-state index contributed by atoms with van der Waals surface area (Å²) in [6.45, 7) is 8.08. The molecule has 0 saturated carbocycles. The molecule has 0 aliphatic carbocycles. The van der Waals surface area contributed by atoms with Crippen molar-refractivity contribution in [2.75, 3.05) is 4.90 Å². The second kappa shape index (κ2) is 7.99. The van der Waals surface area contributed by atoms with Gasteiger partial charge < -0.3 is 9.52 Å². The minimum absolute atomic E-state index is 0.00550. The minimum Gasteiger partial charge on any atom is -0.507 e. The highest BCUT2D eigenvalue weighted by Gasteiger charge is 2.48. The lowest BCUT2D eigenvalue weighted by Crippen LogP contribution is -2.29. The van der Waals surface area contributed by atoms with Crippen molar-refractivity contribution in [3.8, 4) is 0 Å². The second-order valence-corrected chi connectivity index (χ2v) is 9.38. The fourth-order valence-corrected chi connectivity index (χ4v) is 4.03. The van der Waals surface area contributed by atoms with E-state index in [4.69, 9.17) is 16.0 Å². The van der Waals surface area contributed by atoms with Gasteiger partial charge in [-0.15, -0.1) is 0 Å². The zero-order chi connectivity index (χ0) is 23.2. The molecule has 0 bridgehead atoms. The summed E-state index contributed by atoms with van der Waals surface area (Å²) in [6, 6.07) is 14.9. The van der Waals surface area contributed by atoms with Crippen molar-refractivity contribution in [2.24, 2.45) is 0 Å². The van der Waals surface area contributed by atoms with Crippen LogP contribution in [0.15, 0.2) is 70.9 Å². The van der Waals surface area contributed by atoms with Gasteiger partial charge in [-0.2, -0.15) is 0 Å². The number of nitrogens with zero attached hydrogens (tertiary/aromatic N) is 1. The number of ketones is 1. The largest absolute Gasteiger partial charge is 0.507 e. The quantitative estimate of drug-likeness (QED) is 0.295. The first-order valence-electron chi connectivity index (χ1n) is 10.3. The SMILES string of the molecule is Cc1ccc(C(C)(C)C)cc1/C(O)=C1\C(=O)C(=O)N(c2ccc(Cl)cc2)C1c1ccco1. The van der Waals surface area contributed by atoms with Gasteiger partial charge in [0, 0.05) is 16.3 Å². The van der Waals surface area contributed by atoms with Crippen LogP contribution in [0.5, 0.6) is 0 Å². The third-order valence-corrected chi connectivity index (χ3v) is 5.97. The molecule has 164 valence electrons. The van der Waals surface area contributed by atoms with Gasteiger partial charge in [-0.05, 0) is 65.9 Å². The molecule has 2 heterocycles. The van der Waals surface area contributed by atoms with Crippen molar-refractivity contribution in [2.45, 2.75) is 39.2 Å². The summed E-state index contributed by atoms with van der Waals surface area (Å²) in [5.74, 6) is -1.34. The Morgan fingerprint density at radius 2 is 1.75 bits per heavy atom. The van der Waals surface area contributed by atoms with Crippen LogP contribution in [-0.4, -0.2) is 16.8 Å². The maximum absolute atomic E-state index is 13.2. The molecule has 1 atom stereocenters. The van der Waals surface area contributed by atoms with Gasteiger partial charge in [0.15, 0.2) is 0 Å². The number of aliphatic hydroxyl groups is 1. The van der Waals surface area contributed by atoms with Gasteiger partial charge in [0.2, 0.25) is 0 Å². The summed E-state index contributed by atoms with van der Waals surface area (Å²) in [7, 11) is 0. The average molecular weight is 450 g/mol. The fourth-order valence-electron chi connectivity index (χ4n) is 3.91. The number of aryl methyl sites for hydroxylation is 1. The number of Topliss-reactive ketones (excluding diaryl/α,β-unsaturated/α-hetero) is 1. The highest BCUT2D eigenvalue weighted by atomic mass is 35.5. The number of amides is 1. The Morgan fingerprint density at radius 1 is 1.06 bits per heavy atom. The van der Waals surface area contributed by atoms with Crippen molar-refractivity contribution in [3.05, 3.63) is 93.9 Å². The Morgan fingerprint density at radius 3 is 2.34 bits per heavy atom. The molecule has 1 amide bonds. The van der Waals surface area contributed by atoms with Gasteiger partial charge in [0.1, 0.15) is 17.6 Å². The maximum atomic E-state index is 13.2. The molecule has 1 aliphatic heterocycles. The molecule has 1 fully saturated rings. The van der Waals surface area contributed by atoms with Crippen molar-refractivity contribution in [1.82, 2.24) is 0 Å². The van der Waals surface area contributed by atoms with Crippen LogP contribution in [0.2, 0.25) is 5.02 Å². The number of halogens is 1. The van der Waals surface area contributed by atoms with Crippen LogP contribution in [0.3, 0.4) is 0 Å². The molecule has 0 spiro atoms. The number of hydrogen-bond acceptors (Lipinski definition) is 4. The van der Waals surface area contributed by atoms with E-state index in [9.17, 15) is 14.7 Å². The van der Waals surface area contributed by atoms with Crippen LogP contribution in [-0.2, 0) is 15.0 Å². The van der Waals surface area contributed by atoms with Crippen LogP contribution in [0, 0.1) is 6.92 Å². The van der Waals surface area contributed by atoms with E-state index in [-0.39, 0.29) is 16.7 Å². The Bertz CT molecular complexity index is 1220. The summed E-state index contributed by atoms with van der Waals surface area (Å²) in [5, 5.41) is 11.9. The highest BCUT2D eigenvalue weighted by molar-refractivity contribution is 6.51. The summed E-state index contributed by atoms with van der Waals surface area (Å²) in [6.07, 6.45) is 1.47. The number of aliphatic hydroxyl groups excluding tert-OH is 1. The molecule has 32 heavy (non-hydrogen) atoms. The summed E-state index contributed by atoms with van der Waals surface area (Å²) in [4.78, 5) is 27.6. The standard InChI is InChI=1S/C26H24ClNO4/c1-15-7-8-16(26(2,3)4)14-19(15)23(29)21-22(20-6-5-13-32-20)28(25(31)24(21)30)18-11-9-17(27)10-12-18/h5-14,22,29H,1-4H3/b23-21+. The average Bonchev–Trinajstić information content (AvgIpc) is 3.35. The highest BCUT2D eigenvalue weighted by Crippen LogP contribution is 2.43. The number of hydrogen-bond donors (Lipinski definition) is 1. The van der Waals surface area contributed by atoms with Crippen LogP contribution in [0.4, 0.5) is 5.69 Å². The van der Waals surface area contributed by atoms with Gasteiger partial charge >= 0.3 is 0 Å². The van der Waals surface area contributed by atoms with E-state index < -0.39 is 17.7 Å². The molecule has 6 heteroatoms. The first-order chi connectivity index (χ1) is 15.1.